The lowest BCUT2D eigenvalue weighted by Gasteiger charge is -2.24. The molecule has 0 bridgehead atoms. The largest absolute Gasteiger partial charge is 0.390 e. The second-order valence-electron chi connectivity index (χ2n) is 3.75. The number of hydrogen-bond acceptors (Lipinski definition) is 2. The van der Waals surface area contributed by atoms with Crippen molar-refractivity contribution in [2.45, 2.75) is 38.9 Å². The summed E-state index contributed by atoms with van der Waals surface area (Å²) in [5.41, 5.74) is 0.0562. The van der Waals surface area contributed by atoms with Crippen molar-refractivity contribution in [2.75, 3.05) is 7.11 Å². The SMILES string of the molecule is COC1CCC(C)(C)C1O. The van der Waals surface area contributed by atoms with Crippen LogP contribution in [0.2, 0.25) is 0 Å². The second kappa shape index (κ2) is 2.51. The fourth-order valence-electron chi connectivity index (χ4n) is 1.57. The summed E-state index contributed by atoms with van der Waals surface area (Å²) in [4.78, 5) is 0. The summed E-state index contributed by atoms with van der Waals surface area (Å²) in [6.45, 7) is 4.16. The number of rotatable bonds is 1. The Morgan fingerprint density at radius 2 is 2.10 bits per heavy atom. The predicted octanol–water partition coefficient (Wildman–Crippen LogP) is 1.18. The highest BCUT2D eigenvalue weighted by Crippen LogP contribution is 2.38. The molecule has 0 saturated heterocycles. The van der Waals surface area contributed by atoms with Gasteiger partial charge >= 0.3 is 0 Å². The molecular weight excluding hydrogens is 128 g/mol. The van der Waals surface area contributed by atoms with Crippen molar-refractivity contribution >= 4 is 0 Å². The smallest absolute Gasteiger partial charge is 0.0852 e. The van der Waals surface area contributed by atoms with Crippen LogP contribution in [0.25, 0.3) is 0 Å². The average molecular weight is 144 g/mol. The first-order valence-corrected chi connectivity index (χ1v) is 3.79. The van der Waals surface area contributed by atoms with Gasteiger partial charge in [0.1, 0.15) is 0 Å². The van der Waals surface area contributed by atoms with Crippen LogP contribution < -0.4 is 0 Å². The van der Waals surface area contributed by atoms with E-state index in [4.69, 9.17) is 4.74 Å². The summed E-state index contributed by atoms with van der Waals surface area (Å²) >= 11 is 0. The van der Waals surface area contributed by atoms with Crippen molar-refractivity contribution in [3.05, 3.63) is 0 Å². The van der Waals surface area contributed by atoms with Crippen LogP contribution in [0.1, 0.15) is 26.7 Å². The third kappa shape index (κ3) is 1.18. The molecule has 0 aromatic rings. The number of hydrogen-bond donors (Lipinski definition) is 1. The minimum Gasteiger partial charge on any atom is -0.390 e. The summed E-state index contributed by atoms with van der Waals surface area (Å²) in [7, 11) is 1.66. The highest BCUT2D eigenvalue weighted by molar-refractivity contribution is 4.91. The lowest BCUT2D eigenvalue weighted by molar-refractivity contribution is -0.0294. The molecule has 0 radical (unpaired) electrons. The van der Waals surface area contributed by atoms with E-state index in [2.05, 4.69) is 13.8 Å². The van der Waals surface area contributed by atoms with Crippen LogP contribution in [0.15, 0.2) is 0 Å². The van der Waals surface area contributed by atoms with Crippen LogP contribution in [-0.4, -0.2) is 24.4 Å². The van der Waals surface area contributed by atoms with Gasteiger partial charge in [0.25, 0.3) is 0 Å². The van der Waals surface area contributed by atoms with Gasteiger partial charge in [-0.3, -0.25) is 0 Å². The lowest BCUT2D eigenvalue weighted by atomic mass is 9.89. The highest BCUT2D eigenvalue weighted by atomic mass is 16.5. The van der Waals surface area contributed by atoms with E-state index in [1.165, 1.54) is 0 Å². The third-order valence-corrected chi connectivity index (χ3v) is 2.53. The molecule has 1 fully saturated rings. The summed E-state index contributed by atoms with van der Waals surface area (Å²) in [6, 6.07) is 0. The molecule has 0 heterocycles. The average Bonchev–Trinajstić information content (AvgIpc) is 2.10. The Hall–Kier alpha value is -0.0800. The molecule has 0 spiro atoms. The van der Waals surface area contributed by atoms with Crippen molar-refractivity contribution in [1.29, 1.82) is 0 Å². The molecule has 60 valence electrons. The van der Waals surface area contributed by atoms with Gasteiger partial charge in [0.05, 0.1) is 12.2 Å². The van der Waals surface area contributed by atoms with Crippen molar-refractivity contribution in [3.8, 4) is 0 Å². The number of aliphatic hydroxyl groups excluding tert-OH is 1. The lowest BCUT2D eigenvalue weighted by Crippen LogP contribution is -2.32. The quantitative estimate of drug-likeness (QED) is 0.599. The summed E-state index contributed by atoms with van der Waals surface area (Å²) in [5.74, 6) is 0. The zero-order valence-corrected chi connectivity index (χ0v) is 6.92. The van der Waals surface area contributed by atoms with Crippen LogP contribution in [0.3, 0.4) is 0 Å². The van der Waals surface area contributed by atoms with Gasteiger partial charge in [0.2, 0.25) is 0 Å². The monoisotopic (exact) mass is 144 g/mol. The zero-order chi connectivity index (χ0) is 7.78. The summed E-state index contributed by atoms with van der Waals surface area (Å²) in [5, 5.41) is 9.59. The van der Waals surface area contributed by atoms with Gasteiger partial charge in [-0.25, -0.2) is 0 Å². The Bertz CT molecular complexity index is 120. The van der Waals surface area contributed by atoms with Gasteiger partial charge in [-0.15, -0.1) is 0 Å². The minimum atomic E-state index is -0.280. The Morgan fingerprint density at radius 1 is 1.50 bits per heavy atom. The Kier molecular flexibility index (Phi) is 2.02. The van der Waals surface area contributed by atoms with Gasteiger partial charge in [-0.1, -0.05) is 13.8 Å². The Balaban J connectivity index is 2.58. The maximum atomic E-state index is 9.59. The first-order chi connectivity index (χ1) is 4.58. The molecule has 1 rings (SSSR count). The van der Waals surface area contributed by atoms with E-state index in [9.17, 15) is 5.11 Å². The van der Waals surface area contributed by atoms with Gasteiger partial charge < -0.3 is 9.84 Å². The molecule has 1 saturated carbocycles. The van der Waals surface area contributed by atoms with E-state index in [0.29, 0.717) is 0 Å². The van der Waals surface area contributed by atoms with Gasteiger partial charge in [0.15, 0.2) is 0 Å². The maximum Gasteiger partial charge on any atom is 0.0852 e. The van der Waals surface area contributed by atoms with Crippen molar-refractivity contribution in [3.63, 3.8) is 0 Å². The highest BCUT2D eigenvalue weighted by Gasteiger charge is 2.40. The molecule has 0 aromatic heterocycles. The minimum absolute atomic E-state index is 0.0562. The maximum absolute atomic E-state index is 9.59. The first kappa shape index (κ1) is 8.02. The molecule has 0 amide bonds. The molecule has 2 atom stereocenters. The van der Waals surface area contributed by atoms with E-state index < -0.39 is 0 Å². The molecule has 0 aliphatic heterocycles. The summed E-state index contributed by atoms with van der Waals surface area (Å²) < 4.78 is 5.11. The van der Waals surface area contributed by atoms with Crippen molar-refractivity contribution < 1.29 is 9.84 Å². The Labute approximate surface area is 62.2 Å². The number of aliphatic hydroxyl groups is 1. The molecule has 2 nitrogen and oxygen atoms in total. The van der Waals surface area contributed by atoms with Crippen LogP contribution >= 0.6 is 0 Å². The first-order valence-electron chi connectivity index (χ1n) is 3.79. The van der Waals surface area contributed by atoms with Gasteiger partial charge in [-0.05, 0) is 18.3 Å². The number of ether oxygens (including phenoxy) is 1. The standard InChI is InChI=1S/C8H16O2/c1-8(2)5-4-6(10-3)7(8)9/h6-7,9H,4-5H2,1-3H3. The van der Waals surface area contributed by atoms with Gasteiger partial charge in [0, 0.05) is 7.11 Å². The van der Waals surface area contributed by atoms with Crippen molar-refractivity contribution in [1.82, 2.24) is 0 Å². The number of methoxy groups -OCH3 is 1. The van der Waals surface area contributed by atoms with E-state index in [0.717, 1.165) is 12.8 Å². The van der Waals surface area contributed by atoms with E-state index in [-0.39, 0.29) is 17.6 Å². The van der Waals surface area contributed by atoms with E-state index in [1.807, 2.05) is 0 Å². The molecule has 2 heteroatoms. The third-order valence-electron chi connectivity index (χ3n) is 2.53. The van der Waals surface area contributed by atoms with Crippen molar-refractivity contribution in [2.24, 2.45) is 5.41 Å². The Morgan fingerprint density at radius 3 is 2.30 bits per heavy atom. The van der Waals surface area contributed by atoms with Crippen LogP contribution in [0.4, 0.5) is 0 Å². The second-order valence-corrected chi connectivity index (χ2v) is 3.75. The molecule has 1 aliphatic rings. The zero-order valence-electron chi connectivity index (χ0n) is 6.92. The van der Waals surface area contributed by atoms with Crippen LogP contribution in [-0.2, 0) is 4.74 Å². The fourth-order valence-corrected chi connectivity index (χ4v) is 1.57. The van der Waals surface area contributed by atoms with E-state index in [1.54, 1.807) is 7.11 Å². The molecule has 0 aromatic carbocycles. The molecule has 1 N–H and O–H groups in total. The molecule has 1 aliphatic carbocycles. The van der Waals surface area contributed by atoms with Crippen LogP contribution in [0.5, 0.6) is 0 Å². The fraction of sp³-hybridized carbons (Fsp3) is 1.00. The molecule has 10 heavy (non-hydrogen) atoms. The predicted molar refractivity (Wildman–Crippen MR) is 39.8 cm³/mol. The van der Waals surface area contributed by atoms with Gasteiger partial charge in [-0.2, -0.15) is 0 Å². The summed E-state index contributed by atoms with van der Waals surface area (Å²) in [6.07, 6.45) is 1.84. The molecule has 2 unspecified atom stereocenters. The van der Waals surface area contributed by atoms with Crippen LogP contribution in [0, 0.1) is 5.41 Å². The normalized spacial score (nSPS) is 38.4. The molecular formula is C8H16O2. The topological polar surface area (TPSA) is 29.5 Å². The van der Waals surface area contributed by atoms with E-state index >= 15 is 0 Å².